The number of nitrogens with zero attached hydrogens (tertiary/aromatic N) is 2. The number of urea groups is 1. The number of hydrogen-bond donors (Lipinski definition) is 2. The average Bonchev–Trinajstić information content (AvgIpc) is 3.01. The van der Waals surface area contributed by atoms with E-state index in [-0.39, 0.29) is 6.42 Å². The number of amides is 3. The van der Waals surface area contributed by atoms with Crippen LogP contribution in [0.25, 0.3) is 0 Å². The number of carbonyl (C=O) groups is 3. The molecule has 192 valence electrons. The van der Waals surface area contributed by atoms with Crippen LogP contribution < -0.4 is 15.5 Å². The summed E-state index contributed by atoms with van der Waals surface area (Å²) < 4.78 is 5.43. The topological polar surface area (TPSA) is 91.0 Å². The minimum atomic E-state index is -1.33. The Hall–Kier alpha value is -2.45. The molecule has 0 bridgehead atoms. The number of allylic oxidation sites excluding steroid dienone is 2. The van der Waals surface area contributed by atoms with Gasteiger partial charge in [-0.3, -0.25) is 14.9 Å². The highest BCUT2D eigenvalue weighted by molar-refractivity contribution is 6.35. The SMILES string of the molecule is CC/C=C(\CCC1(CC(=O)OC(C)(C)C)NC(=O)NC1=O)N1CCN(c2cc(Cl)cc(Cl)c2)CC1. The molecule has 3 amide bonds. The lowest BCUT2D eigenvalue weighted by Crippen LogP contribution is -2.50. The van der Waals surface area contributed by atoms with Gasteiger partial charge < -0.3 is 19.9 Å². The molecule has 1 unspecified atom stereocenters. The molecule has 10 heteroatoms. The number of imide groups is 1. The minimum Gasteiger partial charge on any atom is -0.460 e. The van der Waals surface area contributed by atoms with Gasteiger partial charge in [-0.1, -0.05) is 36.2 Å². The highest BCUT2D eigenvalue weighted by atomic mass is 35.5. The molecule has 0 aliphatic carbocycles. The molecule has 2 saturated heterocycles. The van der Waals surface area contributed by atoms with E-state index in [9.17, 15) is 14.4 Å². The first-order chi connectivity index (χ1) is 16.4. The first kappa shape index (κ1) is 27.1. The van der Waals surface area contributed by atoms with Crippen molar-refractivity contribution in [2.24, 2.45) is 0 Å². The summed E-state index contributed by atoms with van der Waals surface area (Å²) in [5.41, 5.74) is 0.0713. The van der Waals surface area contributed by atoms with Gasteiger partial charge in [-0.05, 0) is 58.2 Å². The molecule has 2 N–H and O–H groups in total. The van der Waals surface area contributed by atoms with Crippen molar-refractivity contribution in [1.29, 1.82) is 0 Å². The van der Waals surface area contributed by atoms with Gasteiger partial charge >= 0.3 is 12.0 Å². The van der Waals surface area contributed by atoms with Crippen molar-refractivity contribution in [3.63, 3.8) is 0 Å². The van der Waals surface area contributed by atoms with Crippen LogP contribution in [0.4, 0.5) is 10.5 Å². The third-order valence-electron chi connectivity index (χ3n) is 6.03. The van der Waals surface area contributed by atoms with Gasteiger partial charge in [0.25, 0.3) is 5.91 Å². The first-order valence-electron chi connectivity index (χ1n) is 11.9. The Morgan fingerprint density at radius 3 is 2.26 bits per heavy atom. The van der Waals surface area contributed by atoms with Gasteiger partial charge in [0, 0.05) is 47.6 Å². The van der Waals surface area contributed by atoms with Crippen molar-refractivity contribution >= 4 is 46.8 Å². The Morgan fingerprint density at radius 1 is 1.11 bits per heavy atom. The quantitative estimate of drug-likeness (QED) is 0.384. The van der Waals surface area contributed by atoms with Crippen molar-refractivity contribution < 1.29 is 19.1 Å². The Bertz CT molecular complexity index is 979. The molecular formula is C25H34Cl2N4O4. The van der Waals surface area contributed by atoms with Crippen LogP contribution in [-0.2, 0) is 14.3 Å². The molecule has 2 heterocycles. The van der Waals surface area contributed by atoms with Crippen molar-refractivity contribution in [3.8, 4) is 0 Å². The fraction of sp³-hybridized carbons (Fsp3) is 0.560. The zero-order valence-corrected chi connectivity index (χ0v) is 22.3. The van der Waals surface area contributed by atoms with Crippen LogP contribution in [0.2, 0.25) is 10.0 Å². The number of benzene rings is 1. The zero-order chi connectivity index (χ0) is 25.8. The van der Waals surface area contributed by atoms with Gasteiger partial charge in [-0.25, -0.2) is 4.79 Å². The lowest BCUT2D eigenvalue weighted by molar-refractivity contribution is -0.157. The molecule has 8 nitrogen and oxygen atoms in total. The normalized spacial score (nSPS) is 21.1. The number of ether oxygens (including phenoxy) is 1. The molecule has 0 radical (unpaired) electrons. The minimum absolute atomic E-state index is 0.218. The van der Waals surface area contributed by atoms with E-state index < -0.39 is 29.0 Å². The second kappa shape index (κ2) is 11.1. The van der Waals surface area contributed by atoms with Gasteiger partial charge in [-0.15, -0.1) is 0 Å². The average molecular weight is 525 g/mol. The lowest BCUT2D eigenvalue weighted by Gasteiger charge is -2.39. The number of rotatable bonds is 8. The van der Waals surface area contributed by atoms with Gasteiger partial charge in [0.05, 0.1) is 6.42 Å². The van der Waals surface area contributed by atoms with Crippen molar-refractivity contribution in [2.45, 2.75) is 64.5 Å². The number of nitrogens with one attached hydrogen (secondary N) is 2. The third-order valence-corrected chi connectivity index (χ3v) is 6.46. The van der Waals surface area contributed by atoms with Gasteiger partial charge in [-0.2, -0.15) is 0 Å². The van der Waals surface area contributed by atoms with Crippen LogP contribution in [0.3, 0.4) is 0 Å². The molecule has 2 aliphatic heterocycles. The summed E-state index contributed by atoms with van der Waals surface area (Å²) >= 11 is 12.3. The third kappa shape index (κ3) is 7.27. The maximum atomic E-state index is 12.7. The second-order valence-corrected chi connectivity index (χ2v) is 10.8. The van der Waals surface area contributed by atoms with Crippen LogP contribution in [0.15, 0.2) is 30.0 Å². The van der Waals surface area contributed by atoms with E-state index in [1.807, 2.05) is 12.1 Å². The van der Waals surface area contributed by atoms with Gasteiger partial charge in [0.1, 0.15) is 11.1 Å². The Balaban J connectivity index is 1.68. The molecule has 2 fully saturated rings. The molecule has 1 aromatic carbocycles. The van der Waals surface area contributed by atoms with Crippen molar-refractivity contribution in [3.05, 3.63) is 40.0 Å². The summed E-state index contributed by atoms with van der Waals surface area (Å²) in [6.07, 6.45) is 3.58. The van der Waals surface area contributed by atoms with E-state index in [1.165, 1.54) is 0 Å². The summed E-state index contributed by atoms with van der Waals surface area (Å²) in [4.78, 5) is 41.8. The predicted molar refractivity (Wildman–Crippen MR) is 138 cm³/mol. The Kier molecular flexibility index (Phi) is 8.59. The van der Waals surface area contributed by atoms with E-state index in [0.29, 0.717) is 22.9 Å². The highest BCUT2D eigenvalue weighted by Gasteiger charge is 2.48. The Morgan fingerprint density at radius 2 is 1.74 bits per heavy atom. The molecule has 1 aromatic rings. The summed E-state index contributed by atoms with van der Waals surface area (Å²) in [6, 6.07) is 4.95. The number of esters is 1. The summed E-state index contributed by atoms with van der Waals surface area (Å²) in [7, 11) is 0. The molecule has 1 atom stereocenters. The van der Waals surface area contributed by atoms with E-state index in [2.05, 4.69) is 33.4 Å². The van der Waals surface area contributed by atoms with Crippen molar-refractivity contribution in [2.75, 3.05) is 31.1 Å². The van der Waals surface area contributed by atoms with Crippen LogP contribution in [-0.4, -0.2) is 60.1 Å². The van der Waals surface area contributed by atoms with Crippen LogP contribution >= 0.6 is 23.2 Å². The van der Waals surface area contributed by atoms with Crippen LogP contribution in [0.1, 0.15) is 53.4 Å². The fourth-order valence-corrected chi connectivity index (χ4v) is 5.00. The number of hydrogen-bond acceptors (Lipinski definition) is 6. The second-order valence-electron chi connectivity index (χ2n) is 9.96. The predicted octanol–water partition coefficient (Wildman–Crippen LogP) is 4.50. The summed E-state index contributed by atoms with van der Waals surface area (Å²) in [5, 5.41) is 6.19. The number of anilines is 1. The van der Waals surface area contributed by atoms with Gasteiger partial charge in [0.15, 0.2) is 0 Å². The first-order valence-corrected chi connectivity index (χ1v) is 12.7. The molecular weight excluding hydrogens is 491 g/mol. The largest absolute Gasteiger partial charge is 0.460 e. The molecule has 0 spiro atoms. The summed E-state index contributed by atoms with van der Waals surface area (Å²) in [6.45, 7) is 10.5. The molecule has 3 rings (SSSR count). The lowest BCUT2D eigenvalue weighted by atomic mass is 9.88. The molecule has 0 saturated carbocycles. The Labute approximate surface area is 216 Å². The highest BCUT2D eigenvalue weighted by Crippen LogP contribution is 2.30. The number of halogens is 2. The smallest absolute Gasteiger partial charge is 0.322 e. The standard InChI is InChI=1S/C25H34Cl2N4O4/c1-5-6-19(30-9-11-31(12-10-30)20-14-17(26)13-18(27)15-20)7-8-25(22(33)28-23(34)29-25)16-21(32)35-24(2,3)4/h6,13-15H,5,7-12,16H2,1-4H3,(H2,28,29,33,34)/b19-6+. The number of carbonyl (C=O) groups excluding carboxylic acids is 3. The van der Waals surface area contributed by atoms with E-state index >= 15 is 0 Å². The van der Waals surface area contributed by atoms with Crippen LogP contribution in [0, 0.1) is 0 Å². The van der Waals surface area contributed by atoms with Crippen LogP contribution in [0.5, 0.6) is 0 Å². The maximum absolute atomic E-state index is 12.7. The monoisotopic (exact) mass is 524 g/mol. The molecule has 35 heavy (non-hydrogen) atoms. The summed E-state index contributed by atoms with van der Waals surface area (Å²) in [5.74, 6) is -1.02. The molecule has 0 aromatic heterocycles. The fourth-order valence-electron chi connectivity index (χ4n) is 4.48. The molecule has 2 aliphatic rings. The number of piperazine rings is 1. The maximum Gasteiger partial charge on any atom is 0.322 e. The zero-order valence-electron chi connectivity index (χ0n) is 20.7. The van der Waals surface area contributed by atoms with E-state index in [0.717, 1.165) is 44.0 Å². The van der Waals surface area contributed by atoms with E-state index in [4.69, 9.17) is 27.9 Å². The van der Waals surface area contributed by atoms with E-state index in [1.54, 1.807) is 26.8 Å². The van der Waals surface area contributed by atoms with Crippen molar-refractivity contribution in [1.82, 2.24) is 15.5 Å². The van der Waals surface area contributed by atoms with Gasteiger partial charge in [0.2, 0.25) is 0 Å².